The smallest absolute Gasteiger partial charge is 0.242 e. The molecular weight excluding hydrogens is 240 g/mol. The van der Waals surface area contributed by atoms with Gasteiger partial charge in [-0.05, 0) is 33.1 Å². The quantitative estimate of drug-likeness (QED) is 0.667. The maximum absolute atomic E-state index is 12.1. The fraction of sp³-hybridized carbons (Fsp3) is 0.733. The Bertz CT molecular complexity index is 336. The van der Waals surface area contributed by atoms with Gasteiger partial charge in [-0.2, -0.15) is 0 Å². The van der Waals surface area contributed by atoms with Crippen molar-refractivity contribution in [3.05, 3.63) is 12.2 Å². The predicted octanol–water partition coefficient (Wildman–Crippen LogP) is 2.89. The summed E-state index contributed by atoms with van der Waals surface area (Å²) in [4.78, 5) is 24.1. The van der Waals surface area contributed by atoms with Crippen LogP contribution in [-0.2, 0) is 9.59 Å². The largest absolute Gasteiger partial charge is 0.352 e. The number of hydrogen-bond donors (Lipinski definition) is 2. The van der Waals surface area contributed by atoms with E-state index in [2.05, 4.69) is 17.2 Å². The lowest BCUT2D eigenvalue weighted by Crippen LogP contribution is -2.50. The second-order valence-electron chi connectivity index (χ2n) is 5.09. The van der Waals surface area contributed by atoms with Crippen LogP contribution in [0, 0.1) is 5.92 Å². The van der Waals surface area contributed by atoms with Crippen LogP contribution in [0.2, 0.25) is 0 Å². The molecular formula is C15H32N2O2. The first-order chi connectivity index (χ1) is 8.87. The van der Waals surface area contributed by atoms with E-state index < -0.39 is 6.04 Å². The maximum atomic E-state index is 12.1. The van der Waals surface area contributed by atoms with Crippen molar-refractivity contribution in [3.63, 3.8) is 0 Å². The summed E-state index contributed by atoms with van der Waals surface area (Å²) in [5.41, 5.74) is 0.831. The molecule has 4 nitrogen and oxygen atoms in total. The number of amides is 2. The normalized spacial score (nSPS) is 15.2. The van der Waals surface area contributed by atoms with Gasteiger partial charge < -0.3 is 10.6 Å². The summed E-state index contributed by atoms with van der Waals surface area (Å²) in [5.74, 6) is -0.437. The molecule has 0 spiro atoms. The van der Waals surface area contributed by atoms with Crippen molar-refractivity contribution in [2.45, 2.75) is 66.0 Å². The van der Waals surface area contributed by atoms with Crippen LogP contribution < -0.4 is 10.6 Å². The van der Waals surface area contributed by atoms with E-state index in [9.17, 15) is 9.59 Å². The van der Waals surface area contributed by atoms with Gasteiger partial charge in [-0.3, -0.25) is 9.59 Å². The Morgan fingerprint density at radius 2 is 1.63 bits per heavy atom. The molecule has 0 bridgehead atoms. The molecule has 2 amide bonds. The summed E-state index contributed by atoms with van der Waals surface area (Å²) in [6.45, 7) is 13.5. The number of carbonyl (C=O) groups excluding carboxylic acids is 2. The Hall–Kier alpha value is -1.32. The molecule has 3 unspecified atom stereocenters. The zero-order chi connectivity index (χ0) is 15.0. The Balaban J connectivity index is -0.00000162. The van der Waals surface area contributed by atoms with Crippen molar-refractivity contribution in [1.82, 2.24) is 10.6 Å². The Morgan fingerprint density at radius 1 is 1.05 bits per heavy atom. The van der Waals surface area contributed by atoms with Crippen LogP contribution in [0.5, 0.6) is 0 Å². The third kappa shape index (κ3) is 5.90. The minimum absolute atomic E-state index is 0. The van der Waals surface area contributed by atoms with Crippen molar-refractivity contribution >= 4 is 11.8 Å². The van der Waals surface area contributed by atoms with Gasteiger partial charge in [0, 0.05) is 8.90 Å². The molecule has 0 aromatic carbocycles. The van der Waals surface area contributed by atoms with Gasteiger partial charge in [0.2, 0.25) is 11.8 Å². The van der Waals surface area contributed by atoms with Crippen LogP contribution in [0.25, 0.3) is 0 Å². The highest BCUT2D eigenvalue weighted by atomic mass is 16.2. The fourth-order valence-electron chi connectivity index (χ4n) is 1.83. The van der Waals surface area contributed by atoms with Gasteiger partial charge in [-0.25, -0.2) is 0 Å². The summed E-state index contributed by atoms with van der Waals surface area (Å²) in [6.07, 6.45) is 2.16. The van der Waals surface area contributed by atoms with Crippen molar-refractivity contribution in [2.24, 2.45) is 5.92 Å². The number of carbonyl (C=O) groups is 2. The van der Waals surface area contributed by atoms with Gasteiger partial charge in [0.25, 0.3) is 0 Å². The Kier molecular flexibility index (Phi) is 8.12. The maximum Gasteiger partial charge on any atom is 0.242 e. The number of hydrogen-bond acceptors (Lipinski definition) is 2. The molecule has 19 heavy (non-hydrogen) atoms. The van der Waals surface area contributed by atoms with Gasteiger partial charge in [-0.15, -0.1) is 0 Å². The highest BCUT2D eigenvalue weighted by Crippen LogP contribution is 2.13. The molecule has 0 aromatic rings. The summed E-state index contributed by atoms with van der Waals surface area (Å²) in [6, 6.07) is -0.337. The fourth-order valence-corrected chi connectivity index (χ4v) is 1.83. The van der Waals surface area contributed by atoms with Crippen molar-refractivity contribution in [3.8, 4) is 0 Å². The standard InChI is InChI=1S/C15H28N2O2.2H2/c1-7-11(6)16-15(19)13(9-3)17-14(18)12(8-2)10(4)5;;/h11-13H,4,7-9H2,1-3,5-6H3,(H,16,19)(H,17,18);2*1H. The van der Waals surface area contributed by atoms with E-state index >= 15 is 0 Å². The lowest BCUT2D eigenvalue weighted by Gasteiger charge is -2.22. The van der Waals surface area contributed by atoms with Crippen LogP contribution in [0.4, 0.5) is 0 Å². The topological polar surface area (TPSA) is 58.2 Å². The summed E-state index contributed by atoms with van der Waals surface area (Å²) in [7, 11) is 0. The minimum atomic E-state index is -0.463. The van der Waals surface area contributed by atoms with E-state index in [0.29, 0.717) is 12.8 Å². The minimum Gasteiger partial charge on any atom is -0.352 e. The Labute approximate surface area is 120 Å². The monoisotopic (exact) mass is 272 g/mol. The van der Waals surface area contributed by atoms with Crippen LogP contribution in [0.3, 0.4) is 0 Å². The van der Waals surface area contributed by atoms with E-state index in [4.69, 9.17) is 0 Å². The predicted molar refractivity (Wildman–Crippen MR) is 82.9 cm³/mol. The molecule has 0 heterocycles. The van der Waals surface area contributed by atoms with E-state index in [1.54, 1.807) is 0 Å². The van der Waals surface area contributed by atoms with Crippen molar-refractivity contribution in [2.75, 3.05) is 0 Å². The SMILES string of the molecule is C=C(C)C(CC)C(=O)NC(CC)C(=O)NC(C)CC.[HH].[HH]. The van der Waals surface area contributed by atoms with Crippen LogP contribution in [0.15, 0.2) is 12.2 Å². The summed E-state index contributed by atoms with van der Waals surface area (Å²) < 4.78 is 0. The van der Waals surface area contributed by atoms with E-state index in [1.807, 2.05) is 34.6 Å². The molecule has 0 saturated carbocycles. The summed E-state index contributed by atoms with van der Waals surface area (Å²) in [5, 5.41) is 5.71. The van der Waals surface area contributed by atoms with E-state index in [1.165, 1.54) is 0 Å². The molecule has 0 radical (unpaired) electrons. The summed E-state index contributed by atoms with van der Waals surface area (Å²) >= 11 is 0. The third-order valence-corrected chi connectivity index (χ3v) is 3.36. The van der Waals surface area contributed by atoms with Gasteiger partial charge in [-0.1, -0.05) is 32.9 Å². The van der Waals surface area contributed by atoms with Gasteiger partial charge in [0.1, 0.15) is 6.04 Å². The first-order valence-corrected chi connectivity index (χ1v) is 7.13. The first-order valence-electron chi connectivity index (χ1n) is 7.13. The molecule has 2 N–H and O–H groups in total. The average molecular weight is 272 g/mol. The average Bonchev–Trinajstić information content (AvgIpc) is 2.35. The lowest BCUT2D eigenvalue weighted by molar-refractivity contribution is -0.131. The molecule has 0 saturated heterocycles. The molecule has 0 aliphatic heterocycles. The molecule has 0 fully saturated rings. The molecule has 0 aliphatic rings. The molecule has 3 atom stereocenters. The number of rotatable bonds is 8. The van der Waals surface area contributed by atoms with Crippen LogP contribution in [-0.4, -0.2) is 23.9 Å². The molecule has 4 heteroatoms. The van der Waals surface area contributed by atoms with Crippen LogP contribution >= 0.6 is 0 Å². The third-order valence-electron chi connectivity index (χ3n) is 3.36. The Morgan fingerprint density at radius 3 is 2.00 bits per heavy atom. The molecule has 0 aliphatic carbocycles. The highest BCUT2D eigenvalue weighted by molar-refractivity contribution is 5.89. The first kappa shape index (κ1) is 17.7. The molecule has 0 aromatic heterocycles. The van der Waals surface area contributed by atoms with Gasteiger partial charge in [0.05, 0.1) is 5.92 Å². The van der Waals surface area contributed by atoms with Gasteiger partial charge >= 0.3 is 0 Å². The van der Waals surface area contributed by atoms with E-state index in [0.717, 1.165) is 12.0 Å². The van der Waals surface area contributed by atoms with Crippen molar-refractivity contribution in [1.29, 1.82) is 0 Å². The zero-order valence-electron chi connectivity index (χ0n) is 12.9. The highest BCUT2D eigenvalue weighted by Gasteiger charge is 2.24. The zero-order valence-corrected chi connectivity index (χ0v) is 12.9. The molecule has 114 valence electrons. The second-order valence-corrected chi connectivity index (χ2v) is 5.09. The van der Waals surface area contributed by atoms with E-state index in [-0.39, 0.29) is 26.6 Å². The second kappa shape index (κ2) is 8.73. The lowest BCUT2D eigenvalue weighted by atomic mass is 9.97. The molecule has 0 rings (SSSR count). The van der Waals surface area contributed by atoms with Crippen LogP contribution in [0.1, 0.15) is 56.7 Å². The van der Waals surface area contributed by atoms with Crippen molar-refractivity contribution < 1.29 is 12.4 Å². The number of nitrogens with one attached hydrogen (secondary N) is 2. The van der Waals surface area contributed by atoms with Gasteiger partial charge in [0.15, 0.2) is 0 Å².